The van der Waals surface area contributed by atoms with Gasteiger partial charge in [0.1, 0.15) is 0 Å². The summed E-state index contributed by atoms with van der Waals surface area (Å²) in [4.78, 5) is 3.30. The second-order valence-electron chi connectivity index (χ2n) is 3.14. The van der Waals surface area contributed by atoms with E-state index in [9.17, 15) is 0 Å². The summed E-state index contributed by atoms with van der Waals surface area (Å²) < 4.78 is 0. The minimum Gasteiger partial charge on any atom is -1.00 e. The molecule has 70 valence electrons. The Kier molecular flexibility index (Phi) is 5.81. The van der Waals surface area contributed by atoms with Gasteiger partial charge in [0.15, 0.2) is 0 Å². The molecule has 3 heteroatoms. The van der Waals surface area contributed by atoms with E-state index >= 15 is 0 Å². The first-order chi connectivity index (χ1) is 5.33. The third kappa shape index (κ3) is 3.77. The molecule has 1 unspecified atom stereocenters. The molecule has 1 aliphatic heterocycles. The van der Waals surface area contributed by atoms with Crippen LogP contribution >= 0.6 is 0 Å². The lowest BCUT2D eigenvalue weighted by molar-refractivity contribution is -0.504. The van der Waals surface area contributed by atoms with Gasteiger partial charge in [-0.1, -0.05) is 6.08 Å². The molecule has 0 aliphatic carbocycles. The highest BCUT2D eigenvalue weighted by Gasteiger charge is 2.12. The third-order valence-electron chi connectivity index (χ3n) is 2.09. The summed E-state index contributed by atoms with van der Waals surface area (Å²) >= 11 is 0. The van der Waals surface area contributed by atoms with Crippen molar-refractivity contribution in [3.8, 4) is 0 Å². The van der Waals surface area contributed by atoms with Gasteiger partial charge in [0.2, 0.25) is 5.84 Å². The van der Waals surface area contributed by atoms with Gasteiger partial charge in [0.25, 0.3) is 0 Å². The van der Waals surface area contributed by atoms with Crippen LogP contribution in [0.5, 0.6) is 0 Å². The minimum absolute atomic E-state index is 0. The van der Waals surface area contributed by atoms with Gasteiger partial charge >= 0.3 is 0 Å². The Morgan fingerprint density at radius 3 is 3.00 bits per heavy atom. The molecule has 12 heavy (non-hydrogen) atoms. The standard InChI is InChI=1S/C9H16N2.ClH/c1-2-5-8-6-3-4-7-9(10)11-8;/h2,8H,1,3-7H2,(H2,10,11);1H. The predicted molar refractivity (Wildman–Crippen MR) is 47.2 cm³/mol. The second-order valence-corrected chi connectivity index (χ2v) is 3.14. The molecule has 0 aromatic carbocycles. The van der Waals surface area contributed by atoms with Crippen molar-refractivity contribution in [2.75, 3.05) is 0 Å². The van der Waals surface area contributed by atoms with Gasteiger partial charge in [0, 0.05) is 12.8 Å². The lowest BCUT2D eigenvalue weighted by atomic mass is 10.1. The molecule has 3 N–H and O–H groups in total. The highest BCUT2D eigenvalue weighted by Crippen LogP contribution is 2.05. The number of hydrogen-bond acceptors (Lipinski definition) is 1. The molecule has 0 bridgehead atoms. The van der Waals surface area contributed by atoms with Gasteiger partial charge in [-0.15, -0.1) is 6.58 Å². The summed E-state index contributed by atoms with van der Waals surface area (Å²) in [5, 5.41) is 0. The smallest absolute Gasteiger partial charge is 0.240 e. The maximum absolute atomic E-state index is 5.73. The van der Waals surface area contributed by atoms with E-state index in [-0.39, 0.29) is 12.4 Å². The highest BCUT2D eigenvalue weighted by atomic mass is 35.5. The van der Waals surface area contributed by atoms with Crippen molar-refractivity contribution in [3.05, 3.63) is 12.7 Å². The van der Waals surface area contributed by atoms with Crippen LogP contribution in [0.25, 0.3) is 0 Å². The van der Waals surface area contributed by atoms with Crippen LogP contribution in [0.1, 0.15) is 32.1 Å². The molecule has 0 aromatic heterocycles. The molecule has 0 amide bonds. The summed E-state index contributed by atoms with van der Waals surface area (Å²) in [7, 11) is 0. The molecule has 0 radical (unpaired) electrons. The molecule has 1 atom stereocenters. The largest absolute Gasteiger partial charge is 1.00 e. The number of nitrogens with two attached hydrogens (primary N) is 1. The van der Waals surface area contributed by atoms with Gasteiger partial charge in [-0.2, -0.15) is 0 Å². The van der Waals surface area contributed by atoms with Crippen LogP contribution < -0.4 is 23.1 Å². The molecule has 1 heterocycles. The van der Waals surface area contributed by atoms with E-state index < -0.39 is 0 Å². The van der Waals surface area contributed by atoms with E-state index in [1.807, 2.05) is 6.08 Å². The zero-order chi connectivity index (χ0) is 8.10. The van der Waals surface area contributed by atoms with Crippen molar-refractivity contribution in [2.45, 2.75) is 38.1 Å². The monoisotopic (exact) mass is 188 g/mol. The average molecular weight is 189 g/mol. The molecule has 0 saturated heterocycles. The van der Waals surface area contributed by atoms with Crippen molar-refractivity contribution in [1.82, 2.24) is 0 Å². The van der Waals surface area contributed by atoms with Crippen LogP contribution in [0, 0.1) is 0 Å². The van der Waals surface area contributed by atoms with E-state index in [2.05, 4.69) is 11.6 Å². The maximum Gasteiger partial charge on any atom is 0.240 e. The normalized spacial score (nSPS) is 23.3. The summed E-state index contributed by atoms with van der Waals surface area (Å²) in [6.45, 7) is 3.72. The van der Waals surface area contributed by atoms with Gasteiger partial charge in [-0.3, -0.25) is 10.7 Å². The Hall–Kier alpha value is -0.500. The SMILES string of the molecule is C=CCC1CCCCC(N)=[NH+]1.[Cl-]. The summed E-state index contributed by atoms with van der Waals surface area (Å²) in [6.07, 6.45) is 7.76. The lowest BCUT2D eigenvalue weighted by Gasteiger charge is -2.03. The Balaban J connectivity index is 0.00000121. The van der Waals surface area contributed by atoms with Crippen molar-refractivity contribution in [1.29, 1.82) is 0 Å². The molecule has 0 spiro atoms. The van der Waals surface area contributed by atoms with Crippen LogP contribution in [-0.4, -0.2) is 11.9 Å². The fraction of sp³-hybridized carbons (Fsp3) is 0.667. The third-order valence-corrected chi connectivity index (χ3v) is 2.09. The van der Waals surface area contributed by atoms with E-state index in [4.69, 9.17) is 5.73 Å². The number of hydrogen-bond donors (Lipinski definition) is 2. The van der Waals surface area contributed by atoms with E-state index in [0.29, 0.717) is 6.04 Å². The zero-order valence-electron chi connectivity index (χ0n) is 7.35. The van der Waals surface area contributed by atoms with E-state index in [1.54, 1.807) is 0 Å². The number of rotatable bonds is 2. The van der Waals surface area contributed by atoms with Crippen molar-refractivity contribution in [2.24, 2.45) is 5.73 Å². The van der Waals surface area contributed by atoms with Crippen LogP contribution in [0.2, 0.25) is 0 Å². The Morgan fingerprint density at radius 1 is 1.58 bits per heavy atom. The first-order valence-electron chi connectivity index (χ1n) is 4.31. The van der Waals surface area contributed by atoms with Gasteiger partial charge < -0.3 is 12.4 Å². The quantitative estimate of drug-likeness (QED) is 0.445. The summed E-state index contributed by atoms with van der Waals surface area (Å²) in [5.41, 5.74) is 5.73. The molecule has 1 rings (SSSR count). The predicted octanol–water partition coefficient (Wildman–Crippen LogP) is -3.05. The number of nitrogens with one attached hydrogen (secondary N) is 1. The van der Waals surface area contributed by atoms with Gasteiger partial charge in [-0.25, -0.2) is 0 Å². The van der Waals surface area contributed by atoms with Crippen molar-refractivity contribution in [3.63, 3.8) is 0 Å². The number of halogens is 1. The van der Waals surface area contributed by atoms with Gasteiger partial charge in [0.05, 0.1) is 6.04 Å². The molecule has 0 fully saturated rings. The van der Waals surface area contributed by atoms with Crippen molar-refractivity contribution < 1.29 is 17.4 Å². The minimum atomic E-state index is 0. The Labute approximate surface area is 80.4 Å². The average Bonchev–Trinajstić information content (AvgIpc) is 2.15. The summed E-state index contributed by atoms with van der Waals surface area (Å²) in [5.74, 6) is 0.953. The van der Waals surface area contributed by atoms with E-state index in [0.717, 1.165) is 18.7 Å². The summed E-state index contributed by atoms with van der Waals surface area (Å²) in [6, 6.07) is 0.537. The zero-order valence-corrected chi connectivity index (χ0v) is 8.11. The van der Waals surface area contributed by atoms with E-state index in [1.165, 1.54) is 19.3 Å². The lowest BCUT2D eigenvalue weighted by Crippen LogP contribution is -3.00. The maximum atomic E-state index is 5.73. The second kappa shape index (κ2) is 6.06. The Morgan fingerprint density at radius 2 is 2.33 bits per heavy atom. The molecular formula is C9H17ClN2. The van der Waals surface area contributed by atoms with Crippen LogP contribution in [0.15, 0.2) is 12.7 Å². The molecule has 0 aromatic rings. The van der Waals surface area contributed by atoms with Gasteiger partial charge in [-0.05, 0) is 19.3 Å². The first kappa shape index (κ1) is 11.5. The molecule has 0 saturated carbocycles. The van der Waals surface area contributed by atoms with Crippen molar-refractivity contribution >= 4 is 5.84 Å². The Bertz CT molecular complexity index is 166. The molecule has 2 nitrogen and oxygen atoms in total. The van der Waals surface area contributed by atoms with Crippen LogP contribution in [0.4, 0.5) is 0 Å². The fourth-order valence-electron chi connectivity index (χ4n) is 1.49. The topological polar surface area (TPSA) is 40.0 Å². The molecule has 1 aliphatic rings. The first-order valence-corrected chi connectivity index (χ1v) is 4.31. The van der Waals surface area contributed by atoms with Crippen LogP contribution in [0.3, 0.4) is 0 Å². The molecular weight excluding hydrogens is 172 g/mol. The number of amidine groups is 1. The van der Waals surface area contributed by atoms with Crippen LogP contribution in [-0.2, 0) is 0 Å². The fourth-order valence-corrected chi connectivity index (χ4v) is 1.49. The highest BCUT2D eigenvalue weighted by molar-refractivity contribution is 5.74.